The summed E-state index contributed by atoms with van der Waals surface area (Å²) in [5.41, 5.74) is 2.27. The van der Waals surface area contributed by atoms with Gasteiger partial charge >= 0.3 is 0 Å². The highest BCUT2D eigenvalue weighted by molar-refractivity contribution is 7.98. The second-order valence-corrected chi connectivity index (χ2v) is 5.88. The fraction of sp³-hybridized carbons (Fsp3) is 0.222. The van der Waals surface area contributed by atoms with Crippen LogP contribution in [-0.4, -0.2) is 25.3 Å². The quantitative estimate of drug-likeness (QED) is 0.794. The van der Waals surface area contributed by atoms with E-state index >= 15 is 0 Å². The zero-order valence-electron chi connectivity index (χ0n) is 12.9. The van der Waals surface area contributed by atoms with Gasteiger partial charge in [-0.05, 0) is 23.8 Å². The van der Waals surface area contributed by atoms with Crippen LogP contribution in [0, 0.1) is 11.3 Å². The second-order valence-electron chi connectivity index (χ2n) is 4.78. The van der Waals surface area contributed by atoms with Crippen molar-refractivity contribution in [1.29, 1.82) is 5.26 Å². The molecular weight excluding hydrogens is 308 g/mol. The van der Waals surface area contributed by atoms with Gasteiger partial charge in [-0.15, -0.1) is 0 Å². The Labute approximate surface area is 140 Å². The second kappa shape index (κ2) is 8.86. The lowest BCUT2D eigenvalue weighted by Crippen LogP contribution is -2.26. The van der Waals surface area contributed by atoms with Crippen LogP contribution in [0.1, 0.15) is 21.5 Å². The van der Waals surface area contributed by atoms with E-state index in [1.807, 2.05) is 36.4 Å². The molecule has 0 bridgehead atoms. The van der Waals surface area contributed by atoms with Gasteiger partial charge in [-0.2, -0.15) is 17.0 Å². The van der Waals surface area contributed by atoms with E-state index in [1.54, 1.807) is 31.0 Å². The molecule has 1 N–H and O–H groups in total. The van der Waals surface area contributed by atoms with Crippen molar-refractivity contribution in [3.63, 3.8) is 0 Å². The zero-order chi connectivity index (χ0) is 16.5. The Kier molecular flexibility index (Phi) is 6.52. The molecule has 0 aliphatic carbocycles. The molecule has 2 aromatic rings. The van der Waals surface area contributed by atoms with Gasteiger partial charge in [-0.3, -0.25) is 4.79 Å². The summed E-state index contributed by atoms with van der Waals surface area (Å²) in [4.78, 5) is 12.1. The Hall–Kier alpha value is -2.45. The Bertz CT molecular complexity index is 710. The molecule has 0 fully saturated rings. The van der Waals surface area contributed by atoms with Crippen molar-refractivity contribution in [2.24, 2.45) is 0 Å². The summed E-state index contributed by atoms with van der Waals surface area (Å²) in [6, 6.07) is 16.9. The van der Waals surface area contributed by atoms with Gasteiger partial charge < -0.3 is 10.1 Å². The van der Waals surface area contributed by atoms with Crippen LogP contribution in [0.5, 0.6) is 5.75 Å². The minimum absolute atomic E-state index is 0.138. The number of hydrogen-bond acceptors (Lipinski definition) is 4. The molecule has 0 spiro atoms. The van der Waals surface area contributed by atoms with Crippen LogP contribution in [0.3, 0.4) is 0 Å². The zero-order valence-corrected chi connectivity index (χ0v) is 13.7. The first kappa shape index (κ1) is 16.9. The van der Waals surface area contributed by atoms with E-state index in [0.717, 1.165) is 17.1 Å². The number of nitriles is 1. The van der Waals surface area contributed by atoms with E-state index in [2.05, 4.69) is 11.4 Å². The van der Waals surface area contributed by atoms with Crippen molar-refractivity contribution in [1.82, 2.24) is 5.32 Å². The summed E-state index contributed by atoms with van der Waals surface area (Å²) < 4.78 is 5.18. The number of methoxy groups -OCH3 is 1. The van der Waals surface area contributed by atoms with E-state index in [0.29, 0.717) is 23.4 Å². The Morgan fingerprint density at radius 3 is 2.74 bits per heavy atom. The lowest BCUT2D eigenvalue weighted by molar-refractivity contribution is 0.0953. The molecule has 0 saturated heterocycles. The molecule has 0 heterocycles. The minimum atomic E-state index is -0.138. The normalized spacial score (nSPS) is 9.91. The predicted octanol–water partition coefficient (Wildman–Crippen LogP) is 3.23. The van der Waals surface area contributed by atoms with Gasteiger partial charge in [0.1, 0.15) is 5.75 Å². The molecule has 1 amide bonds. The SMILES string of the molecule is COc1ccccc1C(=O)NCCSCc1ccccc1C#N. The lowest BCUT2D eigenvalue weighted by atomic mass is 10.1. The third-order valence-electron chi connectivity index (χ3n) is 3.28. The highest BCUT2D eigenvalue weighted by atomic mass is 32.2. The number of carbonyl (C=O) groups excluding carboxylic acids is 1. The molecule has 0 unspecified atom stereocenters. The molecule has 2 aromatic carbocycles. The minimum Gasteiger partial charge on any atom is -0.496 e. The molecular formula is C18H18N2O2S. The number of amides is 1. The third kappa shape index (κ3) is 4.76. The molecule has 2 rings (SSSR count). The molecule has 0 aromatic heterocycles. The number of nitrogens with zero attached hydrogens (tertiary/aromatic N) is 1. The summed E-state index contributed by atoms with van der Waals surface area (Å²) in [5, 5.41) is 11.9. The van der Waals surface area contributed by atoms with Crippen LogP contribution in [0.15, 0.2) is 48.5 Å². The van der Waals surface area contributed by atoms with Crippen molar-refractivity contribution in [3.05, 3.63) is 65.2 Å². The molecule has 4 nitrogen and oxygen atoms in total. The monoisotopic (exact) mass is 326 g/mol. The largest absolute Gasteiger partial charge is 0.496 e. The molecule has 5 heteroatoms. The van der Waals surface area contributed by atoms with E-state index in [4.69, 9.17) is 10.00 Å². The standard InChI is InChI=1S/C18H18N2O2S/c1-22-17-9-5-4-8-16(17)18(21)20-10-11-23-13-15-7-3-2-6-14(15)12-19/h2-9H,10-11,13H2,1H3,(H,20,21). The van der Waals surface area contributed by atoms with Crippen LogP contribution < -0.4 is 10.1 Å². The summed E-state index contributed by atoms with van der Waals surface area (Å²) in [7, 11) is 1.55. The summed E-state index contributed by atoms with van der Waals surface area (Å²) in [6.07, 6.45) is 0. The summed E-state index contributed by atoms with van der Waals surface area (Å²) >= 11 is 1.69. The van der Waals surface area contributed by atoms with Crippen molar-refractivity contribution >= 4 is 17.7 Å². The Morgan fingerprint density at radius 1 is 1.22 bits per heavy atom. The fourth-order valence-corrected chi connectivity index (χ4v) is 2.96. The van der Waals surface area contributed by atoms with Gasteiger partial charge in [0.25, 0.3) is 5.91 Å². The van der Waals surface area contributed by atoms with Crippen LogP contribution in [0.4, 0.5) is 0 Å². The molecule has 0 aliphatic heterocycles. The van der Waals surface area contributed by atoms with Gasteiger partial charge in [-0.1, -0.05) is 30.3 Å². The average Bonchev–Trinajstić information content (AvgIpc) is 2.61. The van der Waals surface area contributed by atoms with Gasteiger partial charge in [-0.25, -0.2) is 0 Å². The summed E-state index contributed by atoms with van der Waals surface area (Å²) in [5.74, 6) is 1.97. The van der Waals surface area contributed by atoms with Gasteiger partial charge in [0.05, 0.1) is 24.3 Å². The van der Waals surface area contributed by atoms with Gasteiger partial charge in [0, 0.05) is 18.1 Å². The maximum absolute atomic E-state index is 12.1. The van der Waals surface area contributed by atoms with Crippen molar-refractivity contribution in [3.8, 4) is 11.8 Å². The third-order valence-corrected chi connectivity index (χ3v) is 4.29. The van der Waals surface area contributed by atoms with Gasteiger partial charge in [0.15, 0.2) is 0 Å². The number of ether oxygens (including phenoxy) is 1. The number of para-hydroxylation sites is 1. The Balaban J connectivity index is 1.77. The first-order chi connectivity index (χ1) is 11.3. The van der Waals surface area contributed by atoms with Crippen molar-refractivity contribution in [2.45, 2.75) is 5.75 Å². The van der Waals surface area contributed by atoms with Crippen LogP contribution in [0.2, 0.25) is 0 Å². The Morgan fingerprint density at radius 2 is 1.96 bits per heavy atom. The van der Waals surface area contributed by atoms with Crippen LogP contribution >= 0.6 is 11.8 Å². The van der Waals surface area contributed by atoms with Crippen molar-refractivity contribution < 1.29 is 9.53 Å². The topological polar surface area (TPSA) is 62.1 Å². The van der Waals surface area contributed by atoms with E-state index in [-0.39, 0.29) is 5.91 Å². The number of nitrogens with one attached hydrogen (secondary N) is 1. The maximum Gasteiger partial charge on any atom is 0.255 e. The highest BCUT2D eigenvalue weighted by Gasteiger charge is 2.10. The van der Waals surface area contributed by atoms with E-state index in [1.165, 1.54) is 0 Å². The highest BCUT2D eigenvalue weighted by Crippen LogP contribution is 2.17. The number of hydrogen-bond donors (Lipinski definition) is 1. The fourth-order valence-electron chi connectivity index (χ4n) is 2.10. The molecule has 23 heavy (non-hydrogen) atoms. The van der Waals surface area contributed by atoms with E-state index < -0.39 is 0 Å². The average molecular weight is 326 g/mol. The maximum atomic E-state index is 12.1. The lowest BCUT2D eigenvalue weighted by Gasteiger charge is -2.09. The number of benzene rings is 2. The smallest absolute Gasteiger partial charge is 0.255 e. The first-order valence-electron chi connectivity index (χ1n) is 7.23. The van der Waals surface area contributed by atoms with Gasteiger partial charge in [0.2, 0.25) is 0 Å². The molecule has 118 valence electrons. The summed E-state index contributed by atoms with van der Waals surface area (Å²) in [6.45, 7) is 0.566. The number of carbonyl (C=O) groups is 1. The molecule has 0 aliphatic rings. The van der Waals surface area contributed by atoms with E-state index in [9.17, 15) is 4.79 Å². The number of rotatable bonds is 7. The first-order valence-corrected chi connectivity index (χ1v) is 8.38. The predicted molar refractivity (Wildman–Crippen MR) is 92.6 cm³/mol. The van der Waals surface area contributed by atoms with Crippen molar-refractivity contribution in [2.75, 3.05) is 19.4 Å². The molecule has 0 saturated carbocycles. The molecule has 0 radical (unpaired) electrons. The number of thioether (sulfide) groups is 1. The van der Waals surface area contributed by atoms with Crippen LogP contribution in [0.25, 0.3) is 0 Å². The van der Waals surface area contributed by atoms with Crippen LogP contribution in [-0.2, 0) is 5.75 Å². The molecule has 0 atom stereocenters.